The van der Waals surface area contributed by atoms with Gasteiger partial charge in [-0.3, -0.25) is 4.79 Å². The summed E-state index contributed by atoms with van der Waals surface area (Å²) in [5.41, 5.74) is -0.0829. The molecular formula is C14H13NO6. The lowest BCUT2D eigenvalue weighted by Crippen LogP contribution is -2.06. The van der Waals surface area contributed by atoms with Gasteiger partial charge in [0.05, 0.1) is 14.2 Å². The molecule has 0 radical (unpaired) electrons. The van der Waals surface area contributed by atoms with E-state index in [2.05, 4.69) is 4.74 Å². The second kappa shape index (κ2) is 6.96. The van der Waals surface area contributed by atoms with Gasteiger partial charge in [0.25, 0.3) is 0 Å². The van der Waals surface area contributed by atoms with E-state index in [0.29, 0.717) is 0 Å². The zero-order valence-corrected chi connectivity index (χ0v) is 11.7. The summed E-state index contributed by atoms with van der Waals surface area (Å²) in [4.78, 5) is 22.6. The SMILES string of the molecule is COC(=O)/C(C#N)=C/c1ccc(O)c(OC)c1OC(C)=O. The molecule has 0 aliphatic rings. The maximum absolute atomic E-state index is 11.4. The van der Waals surface area contributed by atoms with Crippen LogP contribution in [0.1, 0.15) is 12.5 Å². The first kappa shape index (κ1) is 16.0. The van der Waals surface area contributed by atoms with Crippen LogP contribution in [0.2, 0.25) is 0 Å². The van der Waals surface area contributed by atoms with Gasteiger partial charge in [-0.2, -0.15) is 5.26 Å². The molecule has 0 bridgehead atoms. The number of ether oxygens (including phenoxy) is 3. The van der Waals surface area contributed by atoms with Crippen molar-refractivity contribution in [1.29, 1.82) is 5.26 Å². The van der Waals surface area contributed by atoms with Crippen molar-refractivity contribution in [2.24, 2.45) is 0 Å². The summed E-state index contributed by atoms with van der Waals surface area (Å²) in [6.45, 7) is 1.17. The van der Waals surface area contributed by atoms with Gasteiger partial charge in [-0.25, -0.2) is 4.79 Å². The molecular weight excluding hydrogens is 278 g/mol. The van der Waals surface area contributed by atoms with Crippen LogP contribution in [0.4, 0.5) is 0 Å². The molecule has 1 rings (SSSR count). The summed E-state index contributed by atoms with van der Waals surface area (Å²) in [7, 11) is 2.42. The van der Waals surface area contributed by atoms with Gasteiger partial charge in [-0.15, -0.1) is 0 Å². The van der Waals surface area contributed by atoms with Crippen molar-refractivity contribution in [1.82, 2.24) is 0 Å². The highest BCUT2D eigenvalue weighted by Gasteiger charge is 2.18. The number of methoxy groups -OCH3 is 2. The van der Waals surface area contributed by atoms with Crippen molar-refractivity contribution in [3.05, 3.63) is 23.3 Å². The van der Waals surface area contributed by atoms with Gasteiger partial charge in [-0.1, -0.05) is 0 Å². The number of carbonyl (C=O) groups excluding carboxylic acids is 2. The van der Waals surface area contributed by atoms with Gasteiger partial charge >= 0.3 is 11.9 Å². The number of aromatic hydroxyl groups is 1. The van der Waals surface area contributed by atoms with Crippen molar-refractivity contribution in [3.63, 3.8) is 0 Å². The molecule has 1 N–H and O–H groups in total. The van der Waals surface area contributed by atoms with E-state index in [1.165, 1.54) is 32.2 Å². The van der Waals surface area contributed by atoms with Crippen LogP contribution in [0.3, 0.4) is 0 Å². The minimum Gasteiger partial charge on any atom is -0.504 e. The van der Waals surface area contributed by atoms with Crippen LogP contribution in [0.15, 0.2) is 17.7 Å². The first-order valence-corrected chi connectivity index (χ1v) is 5.73. The van der Waals surface area contributed by atoms with E-state index in [0.717, 1.165) is 7.11 Å². The fourth-order valence-corrected chi connectivity index (χ4v) is 1.53. The molecule has 0 fully saturated rings. The van der Waals surface area contributed by atoms with Crippen molar-refractivity contribution in [2.45, 2.75) is 6.92 Å². The van der Waals surface area contributed by atoms with Gasteiger partial charge in [0.2, 0.25) is 5.75 Å². The molecule has 0 spiro atoms. The molecule has 7 nitrogen and oxygen atoms in total. The van der Waals surface area contributed by atoms with E-state index in [9.17, 15) is 14.7 Å². The summed E-state index contributed by atoms with van der Waals surface area (Å²) < 4.78 is 14.4. The van der Waals surface area contributed by atoms with Gasteiger partial charge in [0.15, 0.2) is 11.5 Å². The molecule has 7 heteroatoms. The summed E-state index contributed by atoms with van der Waals surface area (Å²) in [5.74, 6) is -1.91. The average molecular weight is 291 g/mol. The molecule has 0 aliphatic carbocycles. The first-order valence-electron chi connectivity index (χ1n) is 5.73. The molecule has 110 valence electrons. The molecule has 0 aliphatic heterocycles. The Labute approximate surface area is 121 Å². The number of benzene rings is 1. The Balaban J connectivity index is 3.48. The van der Waals surface area contributed by atoms with E-state index < -0.39 is 11.9 Å². The standard InChI is InChI=1S/C14H13NO6/c1-8(16)21-12-9(4-5-11(17)13(12)19-2)6-10(7-15)14(18)20-3/h4-6,17H,1-3H3/b10-6+. The van der Waals surface area contributed by atoms with Gasteiger partial charge in [-0.05, 0) is 18.2 Å². The second-order valence-electron chi connectivity index (χ2n) is 3.79. The maximum Gasteiger partial charge on any atom is 0.348 e. The van der Waals surface area contributed by atoms with Gasteiger partial charge < -0.3 is 19.3 Å². The van der Waals surface area contributed by atoms with Crippen LogP contribution < -0.4 is 9.47 Å². The third-order valence-corrected chi connectivity index (χ3v) is 2.40. The van der Waals surface area contributed by atoms with Crippen molar-refractivity contribution in [2.75, 3.05) is 14.2 Å². The van der Waals surface area contributed by atoms with E-state index in [-0.39, 0.29) is 28.4 Å². The normalized spacial score (nSPS) is 10.5. The Morgan fingerprint density at radius 2 is 1.95 bits per heavy atom. The average Bonchev–Trinajstić information content (AvgIpc) is 2.45. The van der Waals surface area contributed by atoms with Crippen LogP contribution in [0.25, 0.3) is 6.08 Å². The molecule has 1 aromatic carbocycles. The zero-order chi connectivity index (χ0) is 16.0. The third kappa shape index (κ3) is 3.73. The number of hydrogen-bond donors (Lipinski definition) is 1. The minimum absolute atomic E-state index is 0.0823. The second-order valence-corrected chi connectivity index (χ2v) is 3.79. The van der Waals surface area contributed by atoms with Gasteiger partial charge in [0, 0.05) is 12.5 Å². The molecule has 0 unspecified atom stereocenters. The molecule has 0 amide bonds. The fourth-order valence-electron chi connectivity index (χ4n) is 1.53. The molecule has 0 aromatic heterocycles. The highest BCUT2D eigenvalue weighted by atomic mass is 16.6. The predicted molar refractivity (Wildman–Crippen MR) is 71.6 cm³/mol. The highest BCUT2D eigenvalue weighted by molar-refractivity contribution is 5.98. The molecule has 0 saturated heterocycles. The fraction of sp³-hybridized carbons (Fsp3) is 0.214. The maximum atomic E-state index is 11.4. The number of nitriles is 1. The van der Waals surface area contributed by atoms with Crippen LogP contribution in [-0.4, -0.2) is 31.3 Å². The Kier molecular flexibility index (Phi) is 5.31. The lowest BCUT2D eigenvalue weighted by molar-refractivity contribution is -0.135. The van der Waals surface area contributed by atoms with E-state index >= 15 is 0 Å². The number of phenolic OH excluding ortho intramolecular Hbond substituents is 1. The minimum atomic E-state index is -0.835. The van der Waals surface area contributed by atoms with Crippen LogP contribution >= 0.6 is 0 Å². The highest BCUT2D eigenvalue weighted by Crippen LogP contribution is 2.40. The Morgan fingerprint density at radius 3 is 2.43 bits per heavy atom. The monoisotopic (exact) mass is 291 g/mol. The quantitative estimate of drug-likeness (QED) is 0.387. The Morgan fingerprint density at radius 1 is 1.29 bits per heavy atom. The number of nitrogens with zero attached hydrogens (tertiary/aromatic N) is 1. The van der Waals surface area contributed by atoms with Crippen LogP contribution in [0, 0.1) is 11.3 Å². The number of hydrogen-bond acceptors (Lipinski definition) is 7. The predicted octanol–water partition coefficient (Wildman–Crippen LogP) is 1.41. The molecule has 0 saturated carbocycles. The number of carbonyl (C=O) groups is 2. The lowest BCUT2D eigenvalue weighted by Gasteiger charge is -2.12. The Bertz CT molecular complexity index is 642. The van der Waals surface area contributed by atoms with E-state index in [1.807, 2.05) is 0 Å². The zero-order valence-electron chi connectivity index (χ0n) is 11.7. The molecule has 1 aromatic rings. The number of phenols is 1. The molecule has 21 heavy (non-hydrogen) atoms. The topological polar surface area (TPSA) is 106 Å². The van der Waals surface area contributed by atoms with Gasteiger partial charge in [0.1, 0.15) is 11.6 Å². The summed E-state index contributed by atoms with van der Waals surface area (Å²) in [6, 6.07) is 4.33. The summed E-state index contributed by atoms with van der Waals surface area (Å²) in [5, 5.41) is 18.6. The number of esters is 2. The lowest BCUT2D eigenvalue weighted by atomic mass is 10.1. The van der Waals surface area contributed by atoms with Crippen molar-refractivity contribution < 1.29 is 28.9 Å². The van der Waals surface area contributed by atoms with E-state index in [4.69, 9.17) is 14.7 Å². The van der Waals surface area contributed by atoms with Crippen LogP contribution in [0.5, 0.6) is 17.2 Å². The Hall–Kier alpha value is -3.01. The third-order valence-electron chi connectivity index (χ3n) is 2.40. The molecule has 0 heterocycles. The van der Waals surface area contributed by atoms with Crippen molar-refractivity contribution >= 4 is 18.0 Å². The smallest absolute Gasteiger partial charge is 0.348 e. The summed E-state index contributed by atoms with van der Waals surface area (Å²) in [6.07, 6.45) is 1.17. The summed E-state index contributed by atoms with van der Waals surface area (Å²) >= 11 is 0. The van der Waals surface area contributed by atoms with E-state index in [1.54, 1.807) is 6.07 Å². The number of rotatable bonds is 4. The largest absolute Gasteiger partial charge is 0.504 e. The molecule has 0 atom stereocenters. The van der Waals surface area contributed by atoms with Crippen LogP contribution in [-0.2, 0) is 14.3 Å². The van der Waals surface area contributed by atoms with Crippen molar-refractivity contribution in [3.8, 4) is 23.3 Å². The first-order chi connectivity index (χ1) is 9.94.